The van der Waals surface area contributed by atoms with Crippen LogP contribution >= 0.6 is 0 Å². The molecule has 2 aromatic rings. The Morgan fingerprint density at radius 2 is 2.24 bits per heavy atom. The van der Waals surface area contributed by atoms with Gasteiger partial charge in [0, 0.05) is 18.2 Å². The first kappa shape index (κ1) is 10.4. The molecule has 0 spiro atoms. The molecule has 0 amide bonds. The molecule has 1 aromatic carbocycles. The number of nitrogens with one attached hydrogen (secondary N) is 1. The summed E-state index contributed by atoms with van der Waals surface area (Å²) in [6.07, 6.45) is 4.77. The number of hydrogen-bond donors (Lipinski definition) is 2. The molecule has 3 rings (SSSR count). The Morgan fingerprint density at radius 1 is 1.35 bits per heavy atom. The molecular weight excluding hydrogens is 214 g/mol. The van der Waals surface area contributed by atoms with Gasteiger partial charge in [0.2, 0.25) is 0 Å². The summed E-state index contributed by atoms with van der Waals surface area (Å²) in [6.45, 7) is 2.01. The molecule has 17 heavy (non-hydrogen) atoms. The Bertz CT molecular complexity index is 515. The molecule has 1 fully saturated rings. The molecule has 2 N–H and O–H groups in total. The van der Waals surface area contributed by atoms with Crippen LogP contribution in [0.25, 0.3) is 11.3 Å². The molecule has 1 saturated heterocycles. The van der Waals surface area contributed by atoms with Crippen LogP contribution in [0.1, 0.15) is 12.5 Å². The fraction of sp³-hybridized carbons (Fsp3) is 0.308. The molecule has 1 aliphatic rings. The first-order valence-corrected chi connectivity index (χ1v) is 5.87. The summed E-state index contributed by atoms with van der Waals surface area (Å²) in [5.74, 6) is 0.306. The van der Waals surface area contributed by atoms with E-state index in [9.17, 15) is 5.11 Å². The van der Waals surface area contributed by atoms with Gasteiger partial charge in [-0.1, -0.05) is 12.1 Å². The van der Waals surface area contributed by atoms with Gasteiger partial charge in [-0.15, -0.1) is 0 Å². The fourth-order valence-electron chi connectivity index (χ4n) is 2.37. The second-order valence-electron chi connectivity index (χ2n) is 4.35. The summed E-state index contributed by atoms with van der Waals surface area (Å²) in [6, 6.07) is 7.83. The quantitative estimate of drug-likeness (QED) is 0.825. The largest absolute Gasteiger partial charge is 0.507 e. The number of aromatic nitrogens is 2. The molecule has 4 heteroatoms. The van der Waals surface area contributed by atoms with E-state index >= 15 is 0 Å². The number of aromatic hydroxyl groups is 1. The highest BCUT2D eigenvalue weighted by atomic mass is 16.3. The van der Waals surface area contributed by atoms with E-state index in [0.717, 1.165) is 30.8 Å². The van der Waals surface area contributed by atoms with Gasteiger partial charge >= 0.3 is 0 Å². The Labute approximate surface area is 99.9 Å². The average molecular weight is 229 g/mol. The lowest BCUT2D eigenvalue weighted by atomic mass is 10.1. The fourth-order valence-corrected chi connectivity index (χ4v) is 2.37. The monoisotopic (exact) mass is 229 g/mol. The summed E-state index contributed by atoms with van der Waals surface area (Å²) >= 11 is 0. The minimum absolute atomic E-state index is 0.306. The Hall–Kier alpha value is -1.81. The third-order valence-corrected chi connectivity index (χ3v) is 3.27. The summed E-state index contributed by atoms with van der Waals surface area (Å²) in [7, 11) is 0. The zero-order chi connectivity index (χ0) is 11.7. The lowest BCUT2D eigenvalue weighted by Crippen LogP contribution is -2.13. The van der Waals surface area contributed by atoms with Gasteiger partial charge in [0.05, 0.1) is 18.2 Å². The Balaban J connectivity index is 2.04. The Morgan fingerprint density at radius 3 is 3.00 bits per heavy atom. The molecule has 1 atom stereocenters. The van der Waals surface area contributed by atoms with E-state index in [1.165, 1.54) is 0 Å². The third-order valence-electron chi connectivity index (χ3n) is 3.27. The van der Waals surface area contributed by atoms with Crippen LogP contribution in [0, 0.1) is 0 Å². The van der Waals surface area contributed by atoms with Crippen LogP contribution in [-0.2, 0) is 0 Å². The van der Waals surface area contributed by atoms with Crippen LogP contribution in [0.4, 0.5) is 0 Å². The standard InChI is InChI=1S/C13H15N3O/c17-13-4-2-1-3-11(13)12-8-15-9-16(12)10-5-6-14-7-10/h1-4,8-10,14,17H,5-7H2. The number of nitrogens with zero attached hydrogens (tertiary/aromatic N) is 2. The number of phenols is 1. The van der Waals surface area contributed by atoms with Gasteiger partial charge in [0.15, 0.2) is 0 Å². The van der Waals surface area contributed by atoms with Gasteiger partial charge in [-0.3, -0.25) is 0 Å². The maximum absolute atomic E-state index is 9.89. The molecule has 2 heterocycles. The molecule has 0 radical (unpaired) electrons. The van der Waals surface area contributed by atoms with Crippen molar-refractivity contribution in [2.45, 2.75) is 12.5 Å². The topological polar surface area (TPSA) is 50.1 Å². The van der Waals surface area contributed by atoms with E-state index < -0.39 is 0 Å². The number of rotatable bonds is 2. The van der Waals surface area contributed by atoms with Crippen molar-refractivity contribution < 1.29 is 5.11 Å². The second kappa shape index (κ2) is 4.22. The van der Waals surface area contributed by atoms with Crippen LogP contribution in [0.15, 0.2) is 36.8 Å². The molecule has 0 aliphatic carbocycles. The number of phenolic OH excluding ortho intramolecular Hbond substituents is 1. The Kier molecular flexibility index (Phi) is 2.57. The molecule has 1 aliphatic heterocycles. The van der Waals surface area contributed by atoms with E-state index in [1.807, 2.05) is 30.7 Å². The van der Waals surface area contributed by atoms with Gasteiger partial charge in [0.1, 0.15) is 5.75 Å². The van der Waals surface area contributed by atoms with Crippen molar-refractivity contribution >= 4 is 0 Å². The van der Waals surface area contributed by atoms with E-state index in [0.29, 0.717) is 11.8 Å². The average Bonchev–Trinajstić information content (AvgIpc) is 3.00. The SMILES string of the molecule is Oc1ccccc1-c1cncn1C1CCNC1. The summed E-state index contributed by atoms with van der Waals surface area (Å²) in [4.78, 5) is 4.21. The van der Waals surface area contributed by atoms with Crippen molar-refractivity contribution in [3.05, 3.63) is 36.8 Å². The van der Waals surface area contributed by atoms with Crippen molar-refractivity contribution in [3.8, 4) is 17.0 Å². The highest BCUT2D eigenvalue weighted by Crippen LogP contribution is 2.31. The number of para-hydroxylation sites is 1. The van der Waals surface area contributed by atoms with Gasteiger partial charge in [-0.05, 0) is 25.1 Å². The maximum Gasteiger partial charge on any atom is 0.124 e. The van der Waals surface area contributed by atoms with E-state index in [4.69, 9.17) is 0 Å². The molecule has 4 nitrogen and oxygen atoms in total. The highest BCUT2D eigenvalue weighted by Gasteiger charge is 2.20. The molecule has 1 unspecified atom stereocenters. The minimum Gasteiger partial charge on any atom is -0.507 e. The van der Waals surface area contributed by atoms with Crippen LogP contribution < -0.4 is 5.32 Å². The molecule has 88 valence electrons. The van der Waals surface area contributed by atoms with Crippen LogP contribution in [0.2, 0.25) is 0 Å². The van der Waals surface area contributed by atoms with Gasteiger partial charge in [-0.25, -0.2) is 4.98 Å². The van der Waals surface area contributed by atoms with Crippen LogP contribution in [0.3, 0.4) is 0 Å². The molecule has 0 saturated carbocycles. The van der Waals surface area contributed by atoms with Gasteiger partial charge in [0.25, 0.3) is 0 Å². The smallest absolute Gasteiger partial charge is 0.124 e. The maximum atomic E-state index is 9.89. The summed E-state index contributed by atoms with van der Waals surface area (Å²) in [5.41, 5.74) is 1.83. The first-order valence-electron chi connectivity index (χ1n) is 5.87. The van der Waals surface area contributed by atoms with E-state index in [-0.39, 0.29) is 0 Å². The van der Waals surface area contributed by atoms with Crippen LogP contribution in [0.5, 0.6) is 5.75 Å². The summed E-state index contributed by atoms with van der Waals surface area (Å²) < 4.78 is 2.15. The number of benzene rings is 1. The number of imidazole rings is 1. The van der Waals surface area contributed by atoms with Crippen LogP contribution in [-0.4, -0.2) is 27.7 Å². The minimum atomic E-state index is 0.306. The third kappa shape index (κ3) is 1.80. The van der Waals surface area contributed by atoms with E-state index in [1.54, 1.807) is 6.07 Å². The van der Waals surface area contributed by atoms with Crippen molar-refractivity contribution in [1.82, 2.24) is 14.9 Å². The highest BCUT2D eigenvalue weighted by molar-refractivity contribution is 5.66. The van der Waals surface area contributed by atoms with Crippen molar-refractivity contribution in [2.24, 2.45) is 0 Å². The van der Waals surface area contributed by atoms with E-state index in [2.05, 4.69) is 14.9 Å². The number of hydrogen-bond acceptors (Lipinski definition) is 3. The van der Waals surface area contributed by atoms with Crippen molar-refractivity contribution in [3.63, 3.8) is 0 Å². The first-order chi connectivity index (χ1) is 8.36. The predicted molar refractivity (Wildman–Crippen MR) is 65.9 cm³/mol. The van der Waals surface area contributed by atoms with Crippen molar-refractivity contribution in [2.75, 3.05) is 13.1 Å². The predicted octanol–water partition coefficient (Wildman–Crippen LogP) is 1.79. The zero-order valence-electron chi connectivity index (χ0n) is 9.50. The molecular formula is C13H15N3O. The normalized spacial score (nSPS) is 19.6. The zero-order valence-corrected chi connectivity index (χ0v) is 9.50. The summed E-state index contributed by atoms with van der Waals surface area (Å²) in [5, 5.41) is 13.2. The molecule has 1 aromatic heterocycles. The second-order valence-corrected chi connectivity index (χ2v) is 4.35. The lowest BCUT2D eigenvalue weighted by molar-refractivity contribution is 0.475. The lowest BCUT2D eigenvalue weighted by Gasteiger charge is -2.15. The van der Waals surface area contributed by atoms with Crippen molar-refractivity contribution in [1.29, 1.82) is 0 Å². The van der Waals surface area contributed by atoms with Gasteiger partial charge < -0.3 is 15.0 Å². The van der Waals surface area contributed by atoms with Gasteiger partial charge in [-0.2, -0.15) is 0 Å². The molecule has 0 bridgehead atoms.